The van der Waals surface area contributed by atoms with Crippen LogP contribution in [0.3, 0.4) is 0 Å². The Morgan fingerprint density at radius 2 is 1.70 bits per heavy atom. The van der Waals surface area contributed by atoms with Crippen molar-refractivity contribution < 1.29 is 23.5 Å². The molecule has 0 fully saturated rings. The first-order valence-electron chi connectivity index (χ1n) is 9.91. The van der Waals surface area contributed by atoms with Gasteiger partial charge in [-0.25, -0.2) is 4.79 Å². The van der Waals surface area contributed by atoms with Crippen LogP contribution in [0.2, 0.25) is 0 Å². The predicted octanol–water partition coefficient (Wildman–Crippen LogP) is 4.33. The second-order valence-electron chi connectivity index (χ2n) is 8.55. The number of ether oxygens (including phenoxy) is 3. The third-order valence-electron chi connectivity index (χ3n) is 4.22. The highest BCUT2D eigenvalue weighted by Gasteiger charge is 2.22. The summed E-state index contributed by atoms with van der Waals surface area (Å²) in [5, 5.41) is 7.17. The molecular formula is C22H33N3O5. The first kappa shape index (κ1) is 23.4. The van der Waals surface area contributed by atoms with Crippen LogP contribution in [0.5, 0.6) is 17.2 Å². The number of hydrogen-bond acceptors (Lipinski definition) is 6. The van der Waals surface area contributed by atoms with Crippen molar-refractivity contribution in [3.8, 4) is 28.6 Å². The molecule has 0 bridgehead atoms. The van der Waals surface area contributed by atoms with E-state index in [0.29, 0.717) is 47.7 Å². The number of aromatic nitrogens is 1. The Morgan fingerprint density at radius 3 is 2.17 bits per heavy atom. The van der Waals surface area contributed by atoms with Crippen molar-refractivity contribution in [1.29, 1.82) is 0 Å². The Labute approximate surface area is 178 Å². The standard InChI is InChI=1S/C22H33N3O5/c1-14(2)12-25(21(26)23-22(3,4)5)13-16-11-17(30-24-16)15-9-18(27-6)20(29-8)19(10-15)28-7/h9-11,14H,12-13H2,1-8H3,(H,23,26). The number of methoxy groups -OCH3 is 3. The van der Waals surface area contributed by atoms with Crippen molar-refractivity contribution >= 4 is 6.03 Å². The smallest absolute Gasteiger partial charge is 0.318 e. The van der Waals surface area contributed by atoms with Crippen LogP contribution >= 0.6 is 0 Å². The molecule has 0 saturated carbocycles. The number of carbonyl (C=O) groups excluding carboxylic acids is 1. The van der Waals surface area contributed by atoms with Crippen LogP contribution in [0.4, 0.5) is 4.79 Å². The summed E-state index contributed by atoms with van der Waals surface area (Å²) in [6, 6.07) is 5.28. The fourth-order valence-electron chi connectivity index (χ4n) is 3.00. The lowest BCUT2D eigenvalue weighted by atomic mass is 10.1. The monoisotopic (exact) mass is 419 g/mol. The summed E-state index contributed by atoms with van der Waals surface area (Å²) in [7, 11) is 4.67. The van der Waals surface area contributed by atoms with Crippen LogP contribution in [0, 0.1) is 5.92 Å². The normalized spacial score (nSPS) is 11.4. The zero-order valence-corrected chi connectivity index (χ0v) is 19.2. The molecule has 0 radical (unpaired) electrons. The maximum Gasteiger partial charge on any atom is 0.318 e. The molecule has 1 heterocycles. The molecule has 166 valence electrons. The third kappa shape index (κ3) is 6.05. The number of nitrogens with zero attached hydrogens (tertiary/aromatic N) is 2. The molecule has 0 atom stereocenters. The van der Waals surface area contributed by atoms with Gasteiger partial charge in [-0.15, -0.1) is 0 Å². The van der Waals surface area contributed by atoms with E-state index in [4.69, 9.17) is 18.7 Å². The largest absolute Gasteiger partial charge is 0.493 e. The quantitative estimate of drug-likeness (QED) is 0.685. The first-order valence-corrected chi connectivity index (χ1v) is 9.91. The van der Waals surface area contributed by atoms with E-state index >= 15 is 0 Å². The van der Waals surface area contributed by atoms with Gasteiger partial charge in [0.15, 0.2) is 17.3 Å². The predicted molar refractivity (Wildman–Crippen MR) is 115 cm³/mol. The Kier molecular flexibility index (Phi) is 7.59. The van der Waals surface area contributed by atoms with Crippen molar-refractivity contribution in [2.75, 3.05) is 27.9 Å². The Hall–Kier alpha value is -2.90. The minimum atomic E-state index is -0.322. The molecule has 30 heavy (non-hydrogen) atoms. The summed E-state index contributed by atoms with van der Waals surface area (Å²) in [6.45, 7) is 11.0. The van der Waals surface area contributed by atoms with Gasteiger partial charge >= 0.3 is 6.03 Å². The number of nitrogens with one attached hydrogen (secondary N) is 1. The summed E-state index contributed by atoms with van der Waals surface area (Å²) in [6.07, 6.45) is 0. The van der Waals surface area contributed by atoms with Crippen LogP contribution in [0.15, 0.2) is 22.7 Å². The molecule has 1 aromatic heterocycles. The molecule has 0 aliphatic carbocycles. The molecule has 2 aromatic rings. The van der Waals surface area contributed by atoms with E-state index in [-0.39, 0.29) is 11.6 Å². The van der Waals surface area contributed by atoms with Crippen molar-refractivity contribution in [2.45, 2.75) is 46.7 Å². The van der Waals surface area contributed by atoms with Gasteiger partial charge in [-0.05, 0) is 38.8 Å². The van der Waals surface area contributed by atoms with E-state index in [1.807, 2.05) is 26.8 Å². The minimum Gasteiger partial charge on any atom is -0.493 e. The summed E-state index contributed by atoms with van der Waals surface area (Å²) >= 11 is 0. The van der Waals surface area contributed by atoms with Crippen molar-refractivity contribution in [1.82, 2.24) is 15.4 Å². The number of urea groups is 1. The molecule has 2 amide bonds. The van der Waals surface area contributed by atoms with E-state index in [1.54, 1.807) is 38.4 Å². The van der Waals surface area contributed by atoms with E-state index in [2.05, 4.69) is 24.3 Å². The van der Waals surface area contributed by atoms with Crippen molar-refractivity contribution in [3.05, 3.63) is 23.9 Å². The van der Waals surface area contributed by atoms with Crippen LogP contribution in [-0.4, -0.2) is 49.5 Å². The summed E-state index contributed by atoms with van der Waals surface area (Å²) in [4.78, 5) is 14.5. The molecule has 0 saturated heterocycles. The zero-order valence-electron chi connectivity index (χ0n) is 19.2. The highest BCUT2D eigenvalue weighted by molar-refractivity contribution is 5.75. The van der Waals surface area contributed by atoms with Crippen LogP contribution < -0.4 is 19.5 Å². The van der Waals surface area contributed by atoms with Gasteiger partial charge in [0.2, 0.25) is 5.75 Å². The van der Waals surface area contributed by atoms with Gasteiger partial charge in [0, 0.05) is 23.7 Å². The number of benzene rings is 1. The molecule has 2 rings (SSSR count). The average Bonchev–Trinajstić information content (AvgIpc) is 3.13. The van der Waals surface area contributed by atoms with Gasteiger partial charge in [-0.3, -0.25) is 0 Å². The maximum atomic E-state index is 12.7. The highest BCUT2D eigenvalue weighted by Crippen LogP contribution is 2.41. The van der Waals surface area contributed by atoms with Crippen molar-refractivity contribution in [2.24, 2.45) is 5.92 Å². The summed E-state index contributed by atoms with van der Waals surface area (Å²) < 4.78 is 21.7. The summed E-state index contributed by atoms with van der Waals surface area (Å²) in [5.74, 6) is 2.42. The molecule has 8 heteroatoms. The topological polar surface area (TPSA) is 86.1 Å². The van der Waals surface area contributed by atoms with Crippen LogP contribution in [-0.2, 0) is 6.54 Å². The molecule has 0 unspecified atom stereocenters. The number of carbonyl (C=O) groups is 1. The average molecular weight is 420 g/mol. The molecule has 0 aliphatic rings. The van der Waals surface area contributed by atoms with Gasteiger partial charge in [-0.1, -0.05) is 19.0 Å². The van der Waals surface area contributed by atoms with Gasteiger partial charge < -0.3 is 29.0 Å². The Balaban J connectivity index is 2.29. The summed E-state index contributed by atoms with van der Waals surface area (Å²) in [5.41, 5.74) is 1.07. The lowest BCUT2D eigenvalue weighted by molar-refractivity contribution is 0.177. The van der Waals surface area contributed by atoms with Gasteiger partial charge in [0.05, 0.1) is 27.9 Å². The van der Waals surface area contributed by atoms with Crippen molar-refractivity contribution in [3.63, 3.8) is 0 Å². The van der Waals surface area contributed by atoms with Crippen LogP contribution in [0.1, 0.15) is 40.3 Å². The number of amides is 2. The van der Waals surface area contributed by atoms with E-state index in [1.165, 1.54) is 0 Å². The lowest BCUT2D eigenvalue weighted by Gasteiger charge is -2.29. The van der Waals surface area contributed by atoms with Crippen LogP contribution in [0.25, 0.3) is 11.3 Å². The molecule has 0 aliphatic heterocycles. The van der Waals surface area contributed by atoms with Gasteiger partial charge in [-0.2, -0.15) is 0 Å². The SMILES string of the molecule is COc1cc(-c2cc(CN(CC(C)C)C(=O)NC(C)(C)C)no2)cc(OC)c1OC. The Morgan fingerprint density at radius 1 is 1.10 bits per heavy atom. The fraction of sp³-hybridized carbons (Fsp3) is 0.545. The highest BCUT2D eigenvalue weighted by atomic mass is 16.5. The molecule has 8 nitrogen and oxygen atoms in total. The second-order valence-corrected chi connectivity index (χ2v) is 8.55. The molecule has 0 spiro atoms. The number of rotatable bonds is 8. The second kappa shape index (κ2) is 9.73. The molecular weight excluding hydrogens is 386 g/mol. The molecule has 1 N–H and O–H groups in total. The first-order chi connectivity index (χ1) is 14.1. The maximum absolute atomic E-state index is 12.7. The lowest BCUT2D eigenvalue weighted by Crippen LogP contribution is -2.49. The third-order valence-corrected chi connectivity index (χ3v) is 4.22. The van der Waals surface area contributed by atoms with Gasteiger partial charge in [0.25, 0.3) is 0 Å². The van der Waals surface area contributed by atoms with E-state index in [9.17, 15) is 4.79 Å². The molecule has 1 aromatic carbocycles. The Bertz CT molecular complexity index is 830. The van der Waals surface area contributed by atoms with E-state index in [0.717, 1.165) is 5.56 Å². The number of hydrogen-bond donors (Lipinski definition) is 1. The van der Waals surface area contributed by atoms with Gasteiger partial charge in [0.1, 0.15) is 5.69 Å². The fourth-order valence-corrected chi connectivity index (χ4v) is 3.00. The zero-order chi connectivity index (χ0) is 22.5. The van der Waals surface area contributed by atoms with E-state index < -0.39 is 0 Å². The minimum absolute atomic E-state index is 0.131.